The van der Waals surface area contributed by atoms with E-state index in [-0.39, 0.29) is 43.5 Å². The van der Waals surface area contributed by atoms with Crippen molar-refractivity contribution in [1.82, 2.24) is 10.2 Å². The summed E-state index contributed by atoms with van der Waals surface area (Å²) in [6.07, 6.45) is 5.88. The van der Waals surface area contributed by atoms with Crippen molar-refractivity contribution in [2.24, 2.45) is 5.92 Å². The number of hydrogen-bond acceptors (Lipinski definition) is 6. The van der Waals surface area contributed by atoms with Crippen molar-refractivity contribution in [3.05, 3.63) is 83.4 Å². The number of nitrogens with zero attached hydrogens (tertiary/aromatic N) is 1. The number of carboxylic acids is 1. The van der Waals surface area contributed by atoms with Gasteiger partial charge in [-0.3, -0.25) is 14.5 Å². The van der Waals surface area contributed by atoms with Crippen LogP contribution >= 0.6 is 0 Å². The third-order valence-corrected chi connectivity index (χ3v) is 8.05. The van der Waals surface area contributed by atoms with E-state index in [2.05, 4.69) is 23.7 Å². The minimum Gasteiger partial charge on any atom is -0.481 e. The van der Waals surface area contributed by atoms with E-state index in [9.17, 15) is 14.7 Å². The molecule has 3 N–H and O–H groups in total. The number of aliphatic hydroxyl groups is 1. The molecular formula is C32H42N2O6. The van der Waals surface area contributed by atoms with Crippen LogP contribution in [-0.4, -0.2) is 52.2 Å². The summed E-state index contributed by atoms with van der Waals surface area (Å²) >= 11 is 0. The number of ether oxygens (including phenoxy) is 2. The Hall–Kier alpha value is -3.04. The quantitative estimate of drug-likeness (QED) is 0.305. The van der Waals surface area contributed by atoms with E-state index >= 15 is 0 Å². The van der Waals surface area contributed by atoms with Gasteiger partial charge in [0.15, 0.2) is 6.29 Å². The minimum atomic E-state index is -0.988. The van der Waals surface area contributed by atoms with Crippen LogP contribution in [-0.2, 0) is 32.2 Å². The molecule has 0 radical (unpaired) electrons. The fourth-order valence-corrected chi connectivity index (χ4v) is 5.67. The zero-order valence-electron chi connectivity index (χ0n) is 23.3. The number of nitrogens with one attached hydrogen (secondary N) is 1. The molecule has 1 amide bonds. The first-order chi connectivity index (χ1) is 19.4. The molecule has 1 saturated carbocycles. The van der Waals surface area contributed by atoms with Gasteiger partial charge in [-0.15, -0.1) is 6.58 Å². The van der Waals surface area contributed by atoms with Gasteiger partial charge in [0.05, 0.1) is 25.2 Å². The molecule has 0 aromatic heterocycles. The Morgan fingerprint density at radius 1 is 1.00 bits per heavy atom. The van der Waals surface area contributed by atoms with Crippen LogP contribution in [0.1, 0.15) is 80.1 Å². The first-order valence-electron chi connectivity index (χ1n) is 14.3. The molecule has 40 heavy (non-hydrogen) atoms. The number of amides is 1. The lowest BCUT2D eigenvalue weighted by molar-refractivity contribution is -0.276. The SMILES string of the molecule is C=CCN(C[C@@H]1O[C@H](c2ccc(CNC(=O)CCC(=O)O)cc2)O[C@H](c2ccc(CO)cc2)[C@@H]1C)C1CCCC1. The predicted octanol–water partition coefficient (Wildman–Crippen LogP) is 4.88. The Kier molecular flexibility index (Phi) is 10.9. The van der Waals surface area contributed by atoms with Gasteiger partial charge in [0, 0.05) is 43.6 Å². The van der Waals surface area contributed by atoms with Crippen molar-refractivity contribution in [1.29, 1.82) is 0 Å². The molecule has 0 unspecified atom stereocenters. The molecule has 8 nitrogen and oxygen atoms in total. The van der Waals surface area contributed by atoms with Crippen molar-refractivity contribution in [3.63, 3.8) is 0 Å². The molecule has 4 atom stereocenters. The van der Waals surface area contributed by atoms with E-state index in [0.29, 0.717) is 12.6 Å². The molecule has 1 aliphatic carbocycles. The number of hydrogen-bond donors (Lipinski definition) is 3. The third kappa shape index (κ3) is 8.01. The number of aliphatic hydroxyl groups excluding tert-OH is 1. The highest BCUT2D eigenvalue weighted by Crippen LogP contribution is 2.42. The molecular weight excluding hydrogens is 508 g/mol. The summed E-state index contributed by atoms with van der Waals surface area (Å²) in [6.45, 7) is 8.12. The molecule has 2 aromatic rings. The molecule has 0 spiro atoms. The predicted molar refractivity (Wildman–Crippen MR) is 152 cm³/mol. The zero-order valence-corrected chi connectivity index (χ0v) is 23.3. The van der Waals surface area contributed by atoms with Crippen molar-refractivity contribution in [2.75, 3.05) is 13.1 Å². The van der Waals surface area contributed by atoms with Gasteiger partial charge in [-0.05, 0) is 29.5 Å². The third-order valence-electron chi connectivity index (χ3n) is 8.05. The van der Waals surface area contributed by atoms with Crippen LogP contribution in [0.25, 0.3) is 0 Å². The molecule has 1 aliphatic heterocycles. The average Bonchev–Trinajstić information content (AvgIpc) is 3.51. The van der Waals surface area contributed by atoms with Crippen molar-refractivity contribution >= 4 is 11.9 Å². The lowest BCUT2D eigenvalue weighted by Crippen LogP contribution is -2.47. The Labute approximate surface area is 237 Å². The molecule has 0 bridgehead atoms. The summed E-state index contributed by atoms with van der Waals surface area (Å²) in [7, 11) is 0. The first kappa shape index (κ1) is 29.9. The average molecular weight is 551 g/mol. The molecule has 1 heterocycles. The summed E-state index contributed by atoms with van der Waals surface area (Å²) in [5, 5.41) is 21.0. The lowest BCUT2D eigenvalue weighted by Gasteiger charge is -2.43. The lowest BCUT2D eigenvalue weighted by atomic mass is 9.89. The van der Waals surface area contributed by atoms with Crippen LogP contribution < -0.4 is 5.32 Å². The summed E-state index contributed by atoms with van der Waals surface area (Å²) < 4.78 is 13.2. The molecule has 2 aliphatic rings. The molecule has 216 valence electrons. The molecule has 2 aromatic carbocycles. The number of benzene rings is 2. The maximum atomic E-state index is 11.9. The minimum absolute atomic E-state index is 0.0000177. The number of carbonyl (C=O) groups is 2. The standard InChI is InChI=1S/C32H42N2O6/c1-3-18-34(27-6-4-5-7-27)20-28-22(2)31(25-12-10-24(21-35)11-13-25)40-32(39-28)26-14-8-23(9-15-26)19-33-29(36)16-17-30(37)38/h3,8-15,22,27-28,31-32,35H,1,4-7,16-21H2,2H3,(H,33,36)(H,37,38)/t22-,28+,31+,32+/m1/s1. The fraction of sp³-hybridized carbons (Fsp3) is 0.500. The molecule has 4 rings (SSSR count). The van der Waals surface area contributed by atoms with E-state index < -0.39 is 12.3 Å². The maximum absolute atomic E-state index is 11.9. The van der Waals surface area contributed by atoms with E-state index in [1.165, 1.54) is 25.7 Å². The second kappa shape index (κ2) is 14.6. The smallest absolute Gasteiger partial charge is 0.303 e. The van der Waals surface area contributed by atoms with Crippen molar-refractivity contribution < 1.29 is 29.3 Å². The Morgan fingerprint density at radius 2 is 1.65 bits per heavy atom. The Balaban J connectivity index is 1.50. The second-order valence-corrected chi connectivity index (χ2v) is 10.9. The van der Waals surface area contributed by atoms with E-state index in [1.807, 2.05) is 54.6 Å². The van der Waals surface area contributed by atoms with Crippen LogP contribution in [0.5, 0.6) is 0 Å². The topological polar surface area (TPSA) is 108 Å². The summed E-state index contributed by atoms with van der Waals surface area (Å²) in [6, 6.07) is 16.3. The van der Waals surface area contributed by atoms with Gasteiger partial charge in [0.2, 0.25) is 5.91 Å². The van der Waals surface area contributed by atoms with Crippen LogP contribution in [0.2, 0.25) is 0 Å². The van der Waals surface area contributed by atoms with Crippen LogP contribution in [0, 0.1) is 5.92 Å². The highest BCUT2D eigenvalue weighted by atomic mass is 16.7. The van der Waals surface area contributed by atoms with Gasteiger partial charge in [-0.2, -0.15) is 0 Å². The monoisotopic (exact) mass is 550 g/mol. The highest BCUT2D eigenvalue weighted by molar-refractivity contribution is 5.80. The number of rotatable bonds is 13. The first-order valence-corrected chi connectivity index (χ1v) is 14.3. The molecule has 1 saturated heterocycles. The summed E-state index contributed by atoms with van der Waals surface area (Å²) in [4.78, 5) is 25.1. The van der Waals surface area contributed by atoms with Crippen LogP contribution in [0.4, 0.5) is 0 Å². The highest BCUT2D eigenvalue weighted by Gasteiger charge is 2.40. The van der Waals surface area contributed by atoms with Gasteiger partial charge in [0.25, 0.3) is 0 Å². The second-order valence-electron chi connectivity index (χ2n) is 10.9. The van der Waals surface area contributed by atoms with Crippen molar-refractivity contribution in [2.45, 2.75) is 83.1 Å². The molecule has 2 fully saturated rings. The largest absolute Gasteiger partial charge is 0.481 e. The Morgan fingerprint density at radius 3 is 2.27 bits per heavy atom. The fourth-order valence-electron chi connectivity index (χ4n) is 5.67. The Bertz CT molecular complexity index is 1110. The van der Waals surface area contributed by atoms with E-state index in [0.717, 1.165) is 35.3 Å². The van der Waals surface area contributed by atoms with Gasteiger partial charge in [-0.25, -0.2) is 0 Å². The van der Waals surface area contributed by atoms with Crippen LogP contribution in [0.3, 0.4) is 0 Å². The van der Waals surface area contributed by atoms with Gasteiger partial charge >= 0.3 is 5.97 Å². The van der Waals surface area contributed by atoms with Crippen molar-refractivity contribution in [3.8, 4) is 0 Å². The number of aliphatic carboxylic acids is 1. The summed E-state index contributed by atoms with van der Waals surface area (Å²) in [5.74, 6) is -1.17. The van der Waals surface area contributed by atoms with Gasteiger partial charge in [-0.1, -0.05) is 74.4 Å². The normalized spacial score (nSPS) is 23.3. The number of carboxylic acid groups (broad SMARTS) is 1. The zero-order chi connectivity index (χ0) is 28.5. The molecule has 8 heteroatoms. The van der Waals surface area contributed by atoms with E-state index in [1.54, 1.807) is 0 Å². The number of carbonyl (C=O) groups excluding carboxylic acids is 1. The summed E-state index contributed by atoms with van der Waals surface area (Å²) in [5.41, 5.74) is 3.72. The van der Waals surface area contributed by atoms with Crippen LogP contribution in [0.15, 0.2) is 61.2 Å². The maximum Gasteiger partial charge on any atom is 0.303 e. The van der Waals surface area contributed by atoms with Gasteiger partial charge in [0.1, 0.15) is 0 Å². The van der Waals surface area contributed by atoms with E-state index in [4.69, 9.17) is 14.6 Å². The van der Waals surface area contributed by atoms with Gasteiger partial charge < -0.3 is 25.0 Å².